The first-order valence-corrected chi connectivity index (χ1v) is 9.18. The lowest BCUT2D eigenvalue weighted by Gasteiger charge is -2.43. The molecule has 4 rings (SSSR count). The highest BCUT2D eigenvalue weighted by Crippen LogP contribution is 2.29. The first-order chi connectivity index (χ1) is 11.7. The molecule has 2 unspecified atom stereocenters. The number of morpholine rings is 1. The Morgan fingerprint density at radius 2 is 2.08 bits per heavy atom. The highest BCUT2D eigenvalue weighted by atomic mass is 16.5. The summed E-state index contributed by atoms with van der Waals surface area (Å²) in [4.78, 5) is 14.9. The summed E-state index contributed by atoms with van der Waals surface area (Å²) in [5, 5.41) is 1.27. The van der Waals surface area contributed by atoms with E-state index < -0.39 is 0 Å². The van der Waals surface area contributed by atoms with Crippen LogP contribution in [0.2, 0.25) is 0 Å². The van der Waals surface area contributed by atoms with Gasteiger partial charge in [-0.25, -0.2) is 0 Å². The van der Waals surface area contributed by atoms with Gasteiger partial charge in [0.1, 0.15) is 0 Å². The zero-order valence-electron chi connectivity index (χ0n) is 14.4. The molecule has 2 heterocycles. The number of amides is 1. The van der Waals surface area contributed by atoms with Crippen LogP contribution in [-0.2, 0) is 23.0 Å². The highest BCUT2D eigenvalue weighted by molar-refractivity contribution is 5.85. The van der Waals surface area contributed by atoms with Gasteiger partial charge in [-0.1, -0.05) is 31.0 Å². The summed E-state index contributed by atoms with van der Waals surface area (Å²) in [7, 11) is 2.07. The second-order valence-electron chi connectivity index (χ2n) is 7.13. The molecule has 4 nitrogen and oxygen atoms in total. The molecule has 0 N–H and O–H groups in total. The minimum Gasteiger partial charge on any atom is -0.374 e. The summed E-state index contributed by atoms with van der Waals surface area (Å²) in [6.45, 7) is 1.46. The number of carbonyl (C=O) groups is 1. The normalized spacial score (nSPS) is 24.1. The molecule has 1 amide bonds. The Bertz CT molecular complexity index is 734. The van der Waals surface area contributed by atoms with Gasteiger partial charge in [-0.2, -0.15) is 0 Å². The maximum absolute atomic E-state index is 12.8. The number of para-hydroxylation sites is 1. The largest absolute Gasteiger partial charge is 0.374 e. The zero-order chi connectivity index (χ0) is 16.5. The highest BCUT2D eigenvalue weighted by Gasteiger charge is 2.36. The average Bonchev–Trinajstić information content (AvgIpc) is 2.95. The van der Waals surface area contributed by atoms with Crippen LogP contribution in [0.4, 0.5) is 0 Å². The standard InChI is InChI=1S/C20H26N2O2/c1-21-14-15(16-6-2-3-7-17(16)21)10-11-20(23)22-12-13-24-19-9-5-4-8-18(19)22/h2-3,6-7,14,18-19H,4-5,8-13H2,1H3. The van der Waals surface area contributed by atoms with Crippen LogP contribution in [0.3, 0.4) is 0 Å². The molecule has 24 heavy (non-hydrogen) atoms. The molecular weight excluding hydrogens is 300 g/mol. The van der Waals surface area contributed by atoms with E-state index in [-0.39, 0.29) is 6.10 Å². The summed E-state index contributed by atoms with van der Waals surface area (Å²) < 4.78 is 8.04. The van der Waals surface area contributed by atoms with Crippen molar-refractivity contribution in [3.8, 4) is 0 Å². The van der Waals surface area contributed by atoms with Gasteiger partial charge in [0.15, 0.2) is 0 Å². The Hall–Kier alpha value is -1.81. The van der Waals surface area contributed by atoms with E-state index in [0.29, 0.717) is 25.0 Å². The summed E-state index contributed by atoms with van der Waals surface area (Å²) in [5.41, 5.74) is 2.51. The smallest absolute Gasteiger partial charge is 0.223 e. The monoisotopic (exact) mass is 326 g/mol. The molecular formula is C20H26N2O2. The molecule has 128 valence electrons. The van der Waals surface area contributed by atoms with Crippen molar-refractivity contribution in [1.29, 1.82) is 0 Å². The van der Waals surface area contributed by atoms with Crippen molar-refractivity contribution >= 4 is 16.8 Å². The van der Waals surface area contributed by atoms with E-state index in [9.17, 15) is 4.79 Å². The zero-order valence-corrected chi connectivity index (χ0v) is 14.4. The predicted molar refractivity (Wildman–Crippen MR) is 94.9 cm³/mol. The molecule has 0 spiro atoms. The number of rotatable bonds is 3. The van der Waals surface area contributed by atoms with E-state index >= 15 is 0 Å². The summed E-state index contributed by atoms with van der Waals surface area (Å²) in [5.74, 6) is 0.295. The number of carbonyl (C=O) groups excluding carboxylic acids is 1. The first kappa shape index (κ1) is 15.7. The quantitative estimate of drug-likeness (QED) is 0.867. The van der Waals surface area contributed by atoms with Gasteiger partial charge in [0.2, 0.25) is 5.91 Å². The Morgan fingerprint density at radius 3 is 3.00 bits per heavy atom. The summed E-state index contributed by atoms with van der Waals surface area (Å²) in [6.07, 6.45) is 8.51. The molecule has 2 atom stereocenters. The van der Waals surface area contributed by atoms with Crippen molar-refractivity contribution in [3.05, 3.63) is 36.0 Å². The van der Waals surface area contributed by atoms with Crippen LogP contribution in [0.15, 0.2) is 30.5 Å². The topological polar surface area (TPSA) is 34.5 Å². The third kappa shape index (κ3) is 2.84. The third-order valence-electron chi connectivity index (χ3n) is 5.64. The van der Waals surface area contributed by atoms with Crippen molar-refractivity contribution in [1.82, 2.24) is 9.47 Å². The Morgan fingerprint density at radius 1 is 1.25 bits per heavy atom. The van der Waals surface area contributed by atoms with Crippen molar-refractivity contribution in [2.45, 2.75) is 50.7 Å². The van der Waals surface area contributed by atoms with Crippen molar-refractivity contribution in [2.24, 2.45) is 7.05 Å². The Kier molecular flexibility index (Phi) is 4.31. The minimum absolute atomic E-state index is 0.272. The second kappa shape index (κ2) is 6.60. The van der Waals surface area contributed by atoms with Gasteiger partial charge in [-0.15, -0.1) is 0 Å². The molecule has 0 bridgehead atoms. The Labute approximate surface area is 143 Å². The maximum atomic E-state index is 12.8. The number of aryl methyl sites for hydroxylation is 2. The second-order valence-corrected chi connectivity index (χ2v) is 7.13. The van der Waals surface area contributed by atoms with Gasteiger partial charge in [0.25, 0.3) is 0 Å². The van der Waals surface area contributed by atoms with Gasteiger partial charge in [0, 0.05) is 37.1 Å². The van der Waals surface area contributed by atoms with Crippen LogP contribution < -0.4 is 0 Å². The van der Waals surface area contributed by atoms with Gasteiger partial charge < -0.3 is 14.2 Å². The summed E-state index contributed by atoms with van der Waals surface area (Å²) >= 11 is 0. The van der Waals surface area contributed by atoms with Crippen molar-refractivity contribution in [3.63, 3.8) is 0 Å². The number of benzene rings is 1. The number of hydrogen-bond donors (Lipinski definition) is 0. The number of hydrogen-bond acceptors (Lipinski definition) is 2. The third-order valence-corrected chi connectivity index (χ3v) is 5.64. The molecule has 4 heteroatoms. The molecule has 1 aliphatic carbocycles. The maximum Gasteiger partial charge on any atom is 0.223 e. The molecule has 1 saturated carbocycles. The molecule has 2 fully saturated rings. The SMILES string of the molecule is Cn1cc(CCC(=O)N2CCOC3CCCCC32)c2ccccc21. The molecule has 1 aromatic carbocycles. The Balaban J connectivity index is 1.46. The first-order valence-electron chi connectivity index (χ1n) is 9.18. The molecule has 1 aliphatic heterocycles. The van der Waals surface area contributed by atoms with E-state index in [4.69, 9.17) is 4.74 Å². The fourth-order valence-corrected chi connectivity index (χ4v) is 4.42. The molecule has 2 aliphatic rings. The molecule has 1 saturated heterocycles. The van der Waals surface area contributed by atoms with Crippen molar-refractivity contribution < 1.29 is 9.53 Å². The lowest BCUT2D eigenvalue weighted by Crippen LogP contribution is -2.54. The summed E-state index contributed by atoms with van der Waals surface area (Å²) in [6, 6.07) is 8.74. The average molecular weight is 326 g/mol. The van der Waals surface area contributed by atoms with Crippen molar-refractivity contribution in [2.75, 3.05) is 13.2 Å². The molecule has 1 aromatic heterocycles. The fraction of sp³-hybridized carbons (Fsp3) is 0.550. The minimum atomic E-state index is 0.272. The lowest BCUT2D eigenvalue weighted by atomic mass is 9.90. The number of ether oxygens (including phenoxy) is 1. The number of aromatic nitrogens is 1. The van der Waals surface area contributed by atoms with Gasteiger partial charge in [-0.05, 0) is 30.9 Å². The number of fused-ring (bicyclic) bond motifs is 2. The van der Waals surface area contributed by atoms with Crippen LogP contribution in [-0.4, -0.2) is 40.7 Å². The van der Waals surface area contributed by atoms with Crippen LogP contribution >= 0.6 is 0 Å². The van der Waals surface area contributed by atoms with Crippen LogP contribution in [0, 0.1) is 0 Å². The van der Waals surface area contributed by atoms with E-state index in [1.54, 1.807) is 0 Å². The van der Waals surface area contributed by atoms with E-state index in [2.05, 4.69) is 47.0 Å². The van der Waals surface area contributed by atoms with Gasteiger partial charge in [-0.3, -0.25) is 4.79 Å². The van der Waals surface area contributed by atoms with E-state index in [1.807, 2.05) is 0 Å². The van der Waals surface area contributed by atoms with E-state index in [0.717, 1.165) is 25.8 Å². The van der Waals surface area contributed by atoms with Crippen LogP contribution in [0.25, 0.3) is 10.9 Å². The molecule has 2 aromatic rings. The predicted octanol–water partition coefficient (Wildman–Crippen LogP) is 3.28. The van der Waals surface area contributed by atoms with Crippen LogP contribution in [0.1, 0.15) is 37.7 Å². The number of nitrogens with zero attached hydrogens (tertiary/aromatic N) is 2. The lowest BCUT2D eigenvalue weighted by molar-refractivity contribution is -0.149. The van der Waals surface area contributed by atoms with Gasteiger partial charge in [0.05, 0.1) is 18.8 Å². The van der Waals surface area contributed by atoms with Crippen LogP contribution in [0.5, 0.6) is 0 Å². The fourth-order valence-electron chi connectivity index (χ4n) is 4.42. The van der Waals surface area contributed by atoms with E-state index in [1.165, 1.54) is 29.3 Å². The van der Waals surface area contributed by atoms with Gasteiger partial charge >= 0.3 is 0 Å². The molecule has 0 radical (unpaired) electrons.